The first-order chi connectivity index (χ1) is 11.2. The minimum absolute atomic E-state index is 0.0413. The number of aryl methyl sites for hydroxylation is 2. The third kappa shape index (κ3) is 3.59. The van der Waals surface area contributed by atoms with Gasteiger partial charge in [0.1, 0.15) is 0 Å². The summed E-state index contributed by atoms with van der Waals surface area (Å²) in [6.07, 6.45) is 3.84. The zero-order chi connectivity index (χ0) is 16.2. The smallest absolute Gasteiger partial charge is 0.255 e. The number of carbonyl (C=O) groups is 2. The SMILES string of the molecule is CCC(=O)Nc1ccc(C(=O)Nc2ccc3c(c2)CCC3)cc1. The Labute approximate surface area is 135 Å². The van der Waals surface area contributed by atoms with Gasteiger partial charge < -0.3 is 10.6 Å². The molecule has 0 atom stereocenters. The van der Waals surface area contributed by atoms with Crippen molar-refractivity contribution in [1.82, 2.24) is 0 Å². The van der Waals surface area contributed by atoms with Crippen LogP contribution in [0.5, 0.6) is 0 Å². The number of amides is 2. The average molecular weight is 308 g/mol. The molecule has 0 aromatic heterocycles. The van der Waals surface area contributed by atoms with Crippen molar-refractivity contribution in [1.29, 1.82) is 0 Å². The lowest BCUT2D eigenvalue weighted by Gasteiger charge is -2.08. The number of anilines is 2. The highest BCUT2D eigenvalue weighted by Crippen LogP contribution is 2.25. The molecule has 2 aromatic rings. The Morgan fingerprint density at radius 1 is 0.913 bits per heavy atom. The van der Waals surface area contributed by atoms with Gasteiger partial charge in [0.05, 0.1) is 0 Å². The lowest BCUT2D eigenvalue weighted by molar-refractivity contribution is -0.115. The summed E-state index contributed by atoms with van der Waals surface area (Å²) in [6, 6.07) is 13.0. The summed E-state index contributed by atoms with van der Waals surface area (Å²) in [5.41, 5.74) is 4.82. The molecule has 0 aliphatic heterocycles. The molecule has 23 heavy (non-hydrogen) atoms. The van der Waals surface area contributed by atoms with Crippen molar-refractivity contribution in [2.45, 2.75) is 32.6 Å². The van der Waals surface area contributed by atoms with Crippen molar-refractivity contribution in [3.05, 3.63) is 59.2 Å². The quantitative estimate of drug-likeness (QED) is 0.903. The monoisotopic (exact) mass is 308 g/mol. The molecule has 2 N–H and O–H groups in total. The highest BCUT2D eigenvalue weighted by molar-refractivity contribution is 6.04. The van der Waals surface area contributed by atoms with Gasteiger partial charge in [-0.3, -0.25) is 9.59 Å². The Bertz CT molecular complexity index is 736. The van der Waals surface area contributed by atoms with Gasteiger partial charge in [0.15, 0.2) is 0 Å². The second kappa shape index (κ2) is 6.65. The molecule has 1 aliphatic rings. The van der Waals surface area contributed by atoms with Crippen LogP contribution in [-0.2, 0) is 17.6 Å². The molecule has 4 heteroatoms. The maximum atomic E-state index is 12.3. The van der Waals surface area contributed by atoms with Crippen LogP contribution in [0.2, 0.25) is 0 Å². The fourth-order valence-corrected chi connectivity index (χ4v) is 2.81. The molecule has 2 aromatic carbocycles. The lowest BCUT2D eigenvalue weighted by atomic mass is 10.1. The zero-order valence-electron chi connectivity index (χ0n) is 13.2. The fraction of sp³-hybridized carbons (Fsp3) is 0.263. The van der Waals surface area contributed by atoms with Crippen molar-refractivity contribution in [2.24, 2.45) is 0 Å². The molecule has 3 rings (SSSR count). The summed E-state index contributed by atoms with van der Waals surface area (Å²) < 4.78 is 0. The summed E-state index contributed by atoms with van der Waals surface area (Å²) in [7, 11) is 0. The molecule has 0 spiro atoms. The predicted octanol–water partition coefficient (Wildman–Crippen LogP) is 3.78. The van der Waals surface area contributed by atoms with Crippen molar-refractivity contribution >= 4 is 23.2 Å². The van der Waals surface area contributed by atoms with Crippen molar-refractivity contribution < 1.29 is 9.59 Å². The van der Waals surface area contributed by atoms with E-state index in [9.17, 15) is 9.59 Å². The van der Waals surface area contributed by atoms with Crippen LogP contribution in [-0.4, -0.2) is 11.8 Å². The maximum Gasteiger partial charge on any atom is 0.255 e. The van der Waals surface area contributed by atoms with Gasteiger partial charge in [-0.05, 0) is 66.8 Å². The molecular formula is C19H20N2O2. The van der Waals surface area contributed by atoms with E-state index in [4.69, 9.17) is 0 Å². The fourth-order valence-electron chi connectivity index (χ4n) is 2.81. The van der Waals surface area contributed by atoms with Crippen LogP contribution < -0.4 is 10.6 Å². The van der Waals surface area contributed by atoms with Gasteiger partial charge in [-0.15, -0.1) is 0 Å². The first-order valence-corrected chi connectivity index (χ1v) is 7.99. The van der Waals surface area contributed by atoms with E-state index in [1.807, 2.05) is 6.07 Å². The standard InChI is InChI=1S/C19H20N2O2/c1-2-18(22)20-16-9-7-14(8-10-16)19(23)21-17-11-6-13-4-3-5-15(13)12-17/h6-12H,2-5H2,1H3,(H,20,22)(H,21,23). The number of benzene rings is 2. The molecule has 0 fully saturated rings. The molecule has 1 aliphatic carbocycles. The van der Waals surface area contributed by atoms with Crippen LogP contribution in [0.1, 0.15) is 41.3 Å². The Hall–Kier alpha value is -2.62. The van der Waals surface area contributed by atoms with Crippen LogP contribution in [0.3, 0.4) is 0 Å². The van der Waals surface area contributed by atoms with Gasteiger partial charge in [-0.2, -0.15) is 0 Å². The predicted molar refractivity (Wildman–Crippen MR) is 91.8 cm³/mol. The summed E-state index contributed by atoms with van der Waals surface area (Å²) in [5.74, 6) is -0.184. The maximum absolute atomic E-state index is 12.3. The first kappa shape index (κ1) is 15.3. The summed E-state index contributed by atoms with van der Waals surface area (Å²) >= 11 is 0. The van der Waals surface area contributed by atoms with E-state index < -0.39 is 0 Å². The number of nitrogens with one attached hydrogen (secondary N) is 2. The molecular weight excluding hydrogens is 288 g/mol. The van der Waals surface area contributed by atoms with Crippen LogP contribution >= 0.6 is 0 Å². The van der Waals surface area contributed by atoms with E-state index in [0.717, 1.165) is 18.5 Å². The lowest BCUT2D eigenvalue weighted by Crippen LogP contribution is -2.13. The minimum Gasteiger partial charge on any atom is -0.326 e. The van der Waals surface area contributed by atoms with E-state index in [1.54, 1.807) is 31.2 Å². The Morgan fingerprint density at radius 3 is 2.35 bits per heavy atom. The van der Waals surface area contributed by atoms with Gasteiger partial charge in [0.25, 0.3) is 5.91 Å². The average Bonchev–Trinajstić information content (AvgIpc) is 3.03. The van der Waals surface area contributed by atoms with Crippen LogP contribution in [0.25, 0.3) is 0 Å². The Kier molecular flexibility index (Phi) is 4.42. The van der Waals surface area contributed by atoms with Gasteiger partial charge in [-0.25, -0.2) is 0 Å². The highest BCUT2D eigenvalue weighted by Gasteiger charge is 2.12. The number of hydrogen-bond donors (Lipinski definition) is 2. The van der Waals surface area contributed by atoms with Gasteiger partial charge >= 0.3 is 0 Å². The third-order valence-electron chi connectivity index (χ3n) is 4.11. The van der Waals surface area contributed by atoms with Gasteiger partial charge in [0.2, 0.25) is 5.91 Å². The largest absolute Gasteiger partial charge is 0.326 e. The first-order valence-electron chi connectivity index (χ1n) is 7.99. The van der Waals surface area contributed by atoms with Crippen LogP contribution in [0.4, 0.5) is 11.4 Å². The highest BCUT2D eigenvalue weighted by atomic mass is 16.2. The second-order valence-electron chi connectivity index (χ2n) is 5.77. The molecule has 0 bridgehead atoms. The topological polar surface area (TPSA) is 58.2 Å². The van der Waals surface area contributed by atoms with E-state index in [-0.39, 0.29) is 11.8 Å². The Balaban J connectivity index is 1.67. The zero-order valence-corrected chi connectivity index (χ0v) is 13.2. The molecule has 2 amide bonds. The molecule has 4 nitrogen and oxygen atoms in total. The van der Waals surface area contributed by atoms with Gasteiger partial charge in [0, 0.05) is 23.4 Å². The molecule has 0 unspecified atom stereocenters. The van der Waals surface area contributed by atoms with Crippen molar-refractivity contribution in [3.8, 4) is 0 Å². The number of rotatable bonds is 4. The normalized spacial score (nSPS) is 12.6. The summed E-state index contributed by atoms with van der Waals surface area (Å²) in [5, 5.41) is 5.70. The third-order valence-corrected chi connectivity index (χ3v) is 4.11. The molecule has 0 heterocycles. The molecule has 0 saturated carbocycles. The number of fused-ring (bicyclic) bond motifs is 1. The van der Waals surface area contributed by atoms with Crippen molar-refractivity contribution in [3.63, 3.8) is 0 Å². The van der Waals surface area contributed by atoms with E-state index >= 15 is 0 Å². The molecule has 118 valence electrons. The summed E-state index contributed by atoms with van der Waals surface area (Å²) in [6.45, 7) is 1.80. The van der Waals surface area contributed by atoms with Crippen molar-refractivity contribution in [2.75, 3.05) is 10.6 Å². The van der Waals surface area contributed by atoms with E-state index in [2.05, 4.69) is 22.8 Å². The minimum atomic E-state index is -0.142. The second-order valence-corrected chi connectivity index (χ2v) is 5.77. The van der Waals surface area contributed by atoms with E-state index in [0.29, 0.717) is 17.7 Å². The number of carbonyl (C=O) groups excluding carboxylic acids is 2. The van der Waals surface area contributed by atoms with E-state index in [1.165, 1.54) is 17.5 Å². The Morgan fingerprint density at radius 2 is 1.61 bits per heavy atom. The van der Waals surface area contributed by atoms with Crippen LogP contribution in [0.15, 0.2) is 42.5 Å². The summed E-state index contributed by atoms with van der Waals surface area (Å²) in [4.78, 5) is 23.6. The molecule has 0 radical (unpaired) electrons. The van der Waals surface area contributed by atoms with Crippen LogP contribution in [0, 0.1) is 0 Å². The molecule has 0 saturated heterocycles. The van der Waals surface area contributed by atoms with Gasteiger partial charge in [-0.1, -0.05) is 13.0 Å². The number of hydrogen-bond acceptors (Lipinski definition) is 2.